The Kier molecular flexibility index (Phi) is 5.41. The van der Waals surface area contributed by atoms with Crippen molar-refractivity contribution in [2.75, 3.05) is 12.4 Å². The van der Waals surface area contributed by atoms with Crippen LogP contribution in [0.5, 0.6) is 5.75 Å². The molecule has 1 aromatic carbocycles. The lowest BCUT2D eigenvalue weighted by atomic mass is 10.1. The van der Waals surface area contributed by atoms with Crippen molar-refractivity contribution in [1.29, 1.82) is 0 Å². The van der Waals surface area contributed by atoms with Crippen LogP contribution < -0.4 is 4.74 Å². The molecule has 0 radical (unpaired) electrons. The largest absolute Gasteiger partial charge is 0.494 e. The van der Waals surface area contributed by atoms with Gasteiger partial charge < -0.3 is 4.74 Å². The lowest BCUT2D eigenvalue weighted by Gasteiger charge is -2.08. The molecule has 0 bridgehead atoms. The first-order valence-corrected chi connectivity index (χ1v) is 9.07. The maximum Gasteiger partial charge on any atom is 0.417 e. The molecule has 0 N–H and O–H groups in total. The maximum atomic E-state index is 12.8. The van der Waals surface area contributed by atoms with Crippen LogP contribution in [-0.4, -0.2) is 27.0 Å². The molecule has 0 spiro atoms. The minimum Gasteiger partial charge on any atom is -0.494 e. The Hall–Kier alpha value is -2.22. The van der Waals surface area contributed by atoms with Gasteiger partial charge in [0.1, 0.15) is 5.75 Å². The number of aryl methyl sites for hydroxylation is 2. The Morgan fingerprint density at radius 3 is 2.50 bits per heavy atom. The van der Waals surface area contributed by atoms with E-state index in [1.54, 1.807) is 0 Å². The van der Waals surface area contributed by atoms with Gasteiger partial charge in [0.25, 0.3) is 0 Å². The van der Waals surface area contributed by atoms with Crippen molar-refractivity contribution in [2.45, 2.75) is 31.6 Å². The first-order chi connectivity index (χ1) is 12.3. The molecule has 2 heterocycles. The summed E-state index contributed by atoms with van der Waals surface area (Å²) >= 11 is 1.36. The van der Waals surface area contributed by atoms with Crippen molar-refractivity contribution < 1.29 is 17.9 Å². The predicted molar refractivity (Wildman–Crippen MR) is 94.7 cm³/mol. The summed E-state index contributed by atoms with van der Waals surface area (Å²) < 4.78 is 45.6. The van der Waals surface area contributed by atoms with Gasteiger partial charge in [-0.1, -0.05) is 17.8 Å². The van der Waals surface area contributed by atoms with Crippen molar-refractivity contribution in [3.8, 4) is 5.75 Å². The molecular formula is C18H18F3N3OS. The molecule has 3 aromatic rings. The van der Waals surface area contributed by atoms with Gasteiger partial charge in [-0.15, -0.1) is 10.2 Å². The summed E-state index contributed by atoms with van der Waals surface area (Å²) in [5, 5.41) is 8.31. The monoisotopic (exact) mass is 381 g/mol. The third-order valence-electron chi connectivity index (χ3n) is 3.68. The van der Waals surface area contributed by atoms with Gasteiger partial charge in [-0.05, 0) is 55.7 Å². The summed E-state index contributed by atoms with van der Waals surface area (Å²) in [6, 6.07) is 8.36. The van der Waals surface area contributed by atoms with Crippen LogP contribution in [0.15, 0.2) is 41.7 Å². The summed E-state index contributed by atoms with van der Waals surface area (Å²) in [7, 11) is 0. The molecule has 0 atom stereocenters. The number of aromatic nitrogens is 3. The average molecular weight is 381 g/mol. The highest BCUT2D eigenvalue weighted by Crippen LogP contribution is 2.30. The van der Waals surface area contributed by atoms with E-state index in [1.807, 2.05) is 26.0 Å². The minimum atomic E-state index is -4.39. The fraction of sp³-hybridized carbons (Fsp3) is 0.333. The Morgan fingerprint density at radius 1 is 1.08 bits per heavy atom. The second kappa shape index (κ2) is 7.57. The highest BCUT2D eigenvalue weighted by atomic mass is 32.2. The second-order valence-electron chi connectivity index (χ2n) is 6.00. The van der Waals surface area contributed by atoms with Gasteiger partial charge in [0.05, 0.1) is 12.2 Å². The summed E-state index contributed by atoms with van der Waals surface area (Å²) in [6.45, 7) is 4.56. The van der Waals surface area contributed by atoms with Crippen molar-refractivity contribution >= 4 is 17.4 Å². The molecule has 0 aliphatic rings. The van der Waals surface area contributed by atoms with Crippen LogP contribution in [-0.2, 0) is 6.18 Å². The van der Waals surface area contributed by atoms with E-state index in [2.05, 4.69) is 16.3 Å². The summed E-state index contributed by atoms with van der Waals surface area (Å²) in [6.07, 6.45) is -2.62. The number of nitrogens with zero attached hydrogens (tertiary/aromatic N) is 3. The van der Waals surface area contributed by atoms with Crippen molar-refractivity contribution in [3.63, 3.8) is 0 Å². The predicted octanol–water partition coefficient (Wildman–Crippen LogP) is 4.93. The lowest BCUT2D eigenvalue weighted by molar-refractivity contribution is -0.137. The van der Waals surface area contributed by atoms with Gasteiger partial charge in [0.2, 0.25) is 0 Å². The molecule has 0 aliphatic heterocycles. The van der Waals surface area contributed by atoms with E-state index in [-0.39, 0.29) is 0 Å². The third kappa shape index (κ3) is 4.49. The number of fused-ring (bicyclic) bond motifs is 1. The summed E-state index contributed by atoms with van der Waals surface area (Å²) in [5.41, 5.74) is 1.96. The second-order valence-corrected chi connectivity index (χ2v) is 7.06. The number of pyridine rings is 1. The standard InChI is InChI=1S/C18H18F3N3OS/c1-12-8-13(2)10-15(9-12)25-6-3-7-26-17-23-22-16-5-4-14(11-24(16)17)18(19,20)21/h4-5,8-11H,3,6-7H2,1-2H3. The molecule has 26 heavy (non-hydrogen) atoms. The van der Waals surface area contributed by atoms with Gasteiger partial charge in [-0.3, -0.25) is 4.40 Å². The number of alkyl halides is 3. The van der Waals surface area contributed by atoms with Crippen molar-refractivity contribution in [2.24, 2.45) is 0 Å². The molecule has 0 fully saturated rings. The molecule has 4 nitrogen and oxygen atoms in total. The molecule has 138 valence electrons. The Morgan fingerprint density at radius 2 is 1.81 bits per heavy atom. The Labute approximate surface area is 153 Å². The van der Waals surface area contributed by atoms with Crippen LogP contribution in [0.4, 0.5) is 13.2 Å². The van der Waals surface area contributed by atoms with Crippen LogP contribution >= 0.6 is 11.8 Å². The quantitative estimate of drug-likeness (QED) is 0.449. The number of halogens is 3. The SMILES string of the molecule is Cc1cc(C)cc(OCCCSc2nnc3ccc(C(F)(F)F)cn23)c1. The Balaban J connectivity index is 1.56. The van der Waals surface area contributed by atoms with Crippen molar-refractivity contribution in [1.82, 2.24) is 14.6 Å². The van der Waals surface area contributed by atoms with Gasteiger partial charge in [0, 0.05) is 11.9 Å². The fourth-order valence-electron chi connectivity index (χ4n) is 2.56. The van der Waals surface area contributed by atoms with Crippen LogP contribution in [0.1, 0.15) is 23.1 Å². The molecule has 0 unspecified atom stereocenters. The molecule has 2 aromatic heterocycles. The number of rotatable bonds is 6. The van der Waals surface area contributed by atoms with Gasteiger partial charge in [-0.2, -0.15) is 13.2 Å². The van der Waals surface area contributed by atoms with E-state index in [4.69, 9.17) is 4.74 Å². The topological polar surface area (TPSA) is 39.4 Å². The molecular weight excluding hydrogens is 363 g/mol. The number of hydrogen-bond acceptors (Lipinski definition) is 4. The summed E-state index contributed by atoms with van der Waals surface area (Å²) in [5.74, 6) is 1.50. The molecule has 3 rings (SSSR count). The van der Waals surface area contributed by atoms with E-state index in [1.165, 1.54) is 22.2 Å². The summed E-state index contributed by atoms with van der Waals surface area (Å²) in [4.78, 5) is 0. The Bertz CT molecular complexity index is 888. The van der Waals surface area contributed by atoms with E-state index in [0.29, 0.717) is 23.2 Å². The zero-order valence-electron chi connectivity index (χ0n) is 14.4. The van der Waals surface area contributed by atoms with Gasteiger partial charge in [0.15, 0.2) is 10.8 Å². The van der Waals surface area contributed by atoms with E-state index < -0.39 is 11.7 Å². The first-order valence-electron chi connectivity index (χ1n) is 8.09. The van der Waals surface area contributed by atoms with Crippen molar-refractivity contribution in [3.05, 3.63) is 53.2 Å². The molecule has 8 heteroatoms. The van der Waals surface area contributed by atoms with Gasteiger partial charge in [-0.25, -0.2) is 0 Å². The maximum absolute atomic E-state index is 12.8. The highest BCUT2D eigenvalue weighted by Gasteiger charge is 2.31. The fourth-order valence-corrected chi connectivity index (χ4v) is 3.39. The molecule has 0 amide bonds. The van der Waals surface area contributed by atoms with Crippen LogP contribution in [0.2, 0.25) is 0 Å². The van der Waals surface area contributed by atoms with Crippen LogP contribution in [0.25, 0.3) is 5.65 Å². The highest BCUT2D eigenvalue weighted by molar-refractivity contribution is 7.99. The number of thioether (sulfide) groups is 1. The minimum absolute atomic E-state index is 0.395. The molecule has 0 saturated heterocycles. The zero-order chi connectivity index (χ0) is 18.7. The van der Waals surface area contributed by atoms with Gasteiger partial charge >= 0.3 is 6.18 Å². The number of hydrogen-bond donors (Lipinski definition) is 0. The zero-order valence-corrected chi connectivity index (χ0v) is 15.2. The first kappa shape index (κ1) is 18.6. The van der Waals surface area contributed by atoms with Crippen LogP contribution in [0.3, 0.4) is 0 Å². The normalized spacial score (nSPS) is 11.9. The molecule has 0 saturated carbocycles. The average Bonchev–Trinajstić information content (AvgIpc) is 2.95. The third-order valence-corrected chi connectivity index (χ3v) is 4.71. The molecule has 0 aliphatic carbocycles. The smallest absolute Gasteiger partial charge is 0.417 e. The van der Waals surface area contributed by atoms with E-state index in [0.717, 1.165) is 35.6 Å². The number of ether oxygens (including phenoxy) is 1. The number of benzene rings is 1. The lowest BCUT2D eigenvalue weighted by Crippen LogP contribution is -2.06. The van der Waals surface area contributed by atoms with E-state index >= 15 is 0 Å². The van der Waals surface area contributed by atoms with Crippen LogP contribution in [0, 0.1) is 13.8 Å². The van der Waals surface area contributed by atoms with E-state index in [9.17, 15) is 13.2 Å².